The number of hydrogen-bond donors (Lipinski definition) is 1. The average molecular weight is 325 g/mol. The molecule has 5 nitrogen and oxygen atoms in total. The van der Waals surface area contributed by atoms with Crippen LogP contribution in [0.25, 0.3) is 0 Å². The van der Waals surface area contributed by atoms with Gasteiger partial charge in [-0.15, -0.1) is 10.2 Å². The lowest BCUT2D eigenvalue weighted by molar-refractivity contribution is 0.314. The molecule has 102 valence electrons. The minimum absolute atomic E-state index is 0.648. The first-order chi connectivity index (χ1) is 9.25. The van der Waals surface area contributed by atoms with Crippen molar-refractivity contribution in [3.63, 3.8) is 0 Å². The third kappa shape index (κ3) is 4.65. The van der Waals surface area contributed by atoms with Crippen LogP contribution in [0.5, 0.6) is 5.75 Å². The van der Waals surface area contributed by atoms with Crippen LogP contribution in [0.15, 0.2) is 35.1 Å². The predicted molar refractivity (Wildman–Crippen MR) is 77.2 cm³/mol. The fraction of sp³-hybridized carbons (Fsp3) is 0.385. The van der Waals surface area contributed by atoms with Gasteiger partial charge in [0.2, 0.25) is 0 Å². The number of hydrogen-bond acceptors (Lipinski definition) is 4. The first kappa shape index (κ1) is 14.0. The molecular formula is C13H17BrN4O. The zero-order chi connectivity index (χ0) is 13.5. The number of rotatable bonds is 7. The zero-order valence-electron chi connectivity index (χ0n) is 10.8. The topological polar surface area (TPSA) is 52.0 Å². The smallest absolute Gasteiger partial charge is 0.133 e. The van der Waals surface area contributed by atoms with Gasteiger partial charge in [0.25, 0.3) is 0 Å². The minimum Gasteiger partial charge on any atom is -0.492 e. The molecule has 1 aromatic carbocycles. The van der Waals surface area contributed by atoms with E-state index in [0.29, 0.717) is 6.61 Å². The first-order valence-corrected chi connectivity index (χ1v) is 6.97. The van der Waals surface area contributed by atoms with E-state index in [0.717, 1.165) is 35.6 Å². The molecule has 0 amide bonds. The molecule has 1 aromatic heterocycles. The molecule has 0 saturated heterocycles. The van der Waals surface area contributed by atoms with Crippen molar-refractivity contribution in [3.05, 3.63) is 40.9 Å². The third-order valence-electron chi connectivity index (χ3n) is 2.67. The second-order valence-corrected chi connectivity index (χ2v) is 5.08. The van der Waals surface area contributed by atoms with Crippen molar-refractivity contribution in [3.8, 4) is 5.75 Å². The van der Waals surface area contributed by atoms with Gasteiger partial charge in [-0.1, -0.05) is 22.0 Å². The molecule has 0 aliphatic carbocycles. The second kappa shape index (κ2) is 7.25. The van der Waals surface area contributed by atoms with Gasteiger partial charge in [-0.3, -0.25) is 0 Å². The molecule has 0 aliphatic heterocycles. The molecule has 0 atom stereocenters. The van der Waals surface area contributed by atoms with Crippen LogP contribution >= 0.6 is 15.9 Å². The summed E-state index contributed by atoms with van der Waals surface area (Å²) in [7, 11) is 1.95. The fourth-order valence-corrected chi connectivity index (χ4v) is 2.03. The Labute approximate surface area is 121 Å². The maximum absolute atomic E-state index is 5.62. The van der Waals surface area contributed by atoms with E-state index in [2.05, 4.69) is 31.4 Å². The van der Waals surface area contributed by atoms with Crippen LogP contribution in [0.4, 0.5) is 0 Å². The molecule has 1 N–H and O–H groups in total. The fourth-order valence-electron chi connectivity index (χ4n) is 1.66. The van der Waals surface area contributed by atoms with E-state index < -0.39 is 0 Å². The highest BCUT2D eigenvalue weighted by Crippen LogP contribution is 2.17. The van der Waals surface area contributed by atoms with Crippen LogP contribution in [-0.4, -0.2) is 34.5 Å². The summed E-state index contributed by atoms with van der Waals surface area (Å²) in [6.07, 6.45) is 2.58. The van der Waals surface area contributed by atoms with Crippen molar-refractivity contribution in [2.45, 2.75) is 6.42 Å². The highest BCUT2D eigenvalue weighted by Gasteiger charge is 1.99. The number of aromatic nitrogens is 3. The van der Waals surface area contributed by atoms with Gasteiger partial charge >= 0.3 is 0 Å². The number of ether oxygens (including phenoxy) is 1. The van der Waals surface area contributed by atoms with Crippen molar-refractivity contribution in [1.82, 2.24) is 20.1 Å². The Balaban J connectivity index is 1.59. The molecule has 19 heavy (non-hydrogen) atoms. The Morgan fingerprint density at radius 2 is 2.26 bits per heavy atom. The zero-order valence-corrected chi connectivity index (χ0v) is 12.4. The maximum Gasteiger partial charge on any atom is 0.133 e. The van der Waals surface area contributed by atoms with Crippen LogP contribution in [0.3, 0.4) is 0 Å². The predicted octanol–water partition coefficient (Wildman–Crippen LogP) is 1.79. The average Bonchev–Trinajstić information content (AvgIpc) is 2.79. The maximum atomic E-state index is 5.62. The molecule has 2 rings (SSSR count). The molecule has 0 unspecified atom stereocenters. The van der Waals surface area contributed by atoms with Crippen molar-refractivity contribution >= 4 is 15.9 Å². The van der Waals surface area contributed by atoms with E-state index >= 15 is 0 Å². The number of benzene rings is 1. The van der Waals surface area contributed by atoms with Gasteiger partial charge in [-0.2, -0.15) is 0 Å². The summed E-state index contributed by atoms with van der Waals surface area (Å²) in [4.78, 5) is 0. The largest absolute Gasteiger partial charge is 0.492 e. The summed E-state index contributed by atoms with van der Waals surface area (Å²) in [5.74, 6) is 1.87. The molecule has 2 aromatic rings. The van der Waals surface area contributed by atoms with Gasteiger partial charge in [0.1, 0.15) is 24.5 Å². The SMILES string of the molecule is Cn1cnnc1CCNCCOc1cccc(Br)c1. The van der Waals surface area contributed by atoms with Gasteiger partial charge in [0.05, 0.1) is 0 Å². The molecule has 0 aliphatic rings. The lowest BCUT2D eigenvalue weighted by Gasteiger charge is -2.07. The van der Waals surface area contributed by atoms with Crippen LogP contribution in [0, 0.1) is 0 Å². The van der Waals surface area contributed by atoms with E-state index in [4.69, 9.17) is 4.74 Å². The number of nitrogens with one attached hydrogen (secondary N) is 1. The van der Waals surface area contributed by atoms with Crippen LogP contribution in [0.2, 0.25) is 0 Å². The van der Waals surface area contributed by atoms with Crippen molar-refractivity contribution in [2.24, 2.45) is 7.05 Å². The normalized spacial score (nSPS) is 10.6. The number of aryl methyl sites for hydroxylation is 1. The van der Waals surface area contributed by atoms with E-state index in [1.165, 1.54) is 0 Å². The summed E-state index contributed by atoms with van der Waals surface area (Å²) in [6.45, 7) is 2.33. The Kier molecular flexibility index (Phi) is 5.35. The highest BCUT2D eigenvalue weighted by atomic mass is 79.9. The molecule has 6 heteroatoms. The van der Waals surface area contributed by atoms with Gasteiger partial charge in [-0.25, -0.2) is 0 Å². The molecular weight excluding hydrogens is 308 g/mol. The van der Waals surface area contributed by atoms with Gasteiger partial charge in [0, 0.05) is 31.0 Å². The number of halogens is 1. The molecule has 0 fully saturated rings. The highest BCUT2D eigenvalue weighted by molar-refractivity contribution is 9.10. The number of nitrogens with zero attached hydrogens (tertiary/aromatic N) is 3. The lowest BCUT2D eigenvalue weighted by atomic mass is 10.3. The Morgan fingerprint density at radius 1 is 1.37 bits per heavy atom. The quantitative estimate of drug-likeness (QED) is 0.789. The Hall–Kier alpha value is -1.40. The Bertz CT molecular complexity index is 515. The minimum atomic E-state index is 0.648. The van der Waals surface area contributed by atoms with E-state index in [1.54, 1.807) is 6.33 Å². The van der Waals surface area contributed by atoms with Gasteiger partial charge in [0.15, 0.2) is 0 Å². The summed E-state index contributed by atoms with van der Waals surface area (Å²) >= 11 is 3.41. The van der Waals surface area contributed by atoms with Crippen molar-refractivity contribution in [2.75, 3.05) is 19.7 Å². The molecule has 1 heterocycles. The molecule has 0 bridgehead atoms. The molecule has 0 spiro atoms. The summed E-state index contributed by atoms with van der Waals surface area (Å²) in [6, 6.07) is 7.84. The summed E-state index contributed by atoms with van der Waals surface area (Å²) in [5, 5.41) is 11.2. The first-order valence-electron chi connectivity index (χ1n) is 6.17. The standard InChI is InChI=1S/C13H17BrN4O/c1-18-10-16-17-13(18)5-6-15-7-8-19-12-4-2-3-11(14)9-12/h2-4,9-10,15H,5-8H2,1H3. The molecule has 0 radical (unpaired) electrons. The van der Waals surface area contributed by atoms with Crippen molar-refractivity contribution in [1.29, 1.82) is 0 Å². The van der Waals surface area contributed by atoms with E-state index in [1.807, 2.05) is 35.9 Å². The molecule has 0 saturated carbocycles. The van der Waals surface area contributed by atoms with Gasteiger partial charge in [-0.05, 0) is 18.2 Å². The van der Waals surface area contributed by atoms with Crippen LogP contribution in [-0.2, 0) is 13.5 Å². The lowest BCUT2D eigenvalue weighted by Crippen LogP contribution is -2.24. The Morgan fingerprint density at radius 3 is 3.00 bits per heavy atom. The third-order valence-corrected chi connectivity index (χ3v) is 3.17. The van der Waals surface area contributed by atoms with E-state index in [9.17, 15) is 0 Å². The summed E-state index contributed by atoms with van der Waals surface area (Å²) in [5.41, 5.74) is 0. The monoisotopic (exact) mass is 324 g/mol. The van der Waals surface area contributed by atoms with Crippen LogP contribution in [0.1, 0.15) is 5.82 Å². The van der Waals surface area contributed by atoms with E-state index in [-0.39, 0.29) is 0 Å². The van der Waals surface area contributed by atoms with Crippen LogP contribution < -0.4 is 10.1 Å². The summed E-state index contributed by atoms with van der Waals surface area (Å²) < 4.78 is 8.58. The van der Waals surface area contributed by atoms with Gasteiger partial charge < -0.3 is 14.6 Å². The van der Waals surface area contributed by atoms with Crippen molar-refractivity contribution < 1.29 is 4.74 Å². The second-order valence-electron chi connectivity index (χ2n) is 4.16.